The second-order valence-corrected chi connectivity index (χ2v) is 6.49. The minimum absolute atomic E-state index is 0.202. The zero-order valence-corrected chi connectivity index (χ0v) is 16.9. The van der Waals surface area contributed by atoms with Gasteiger partial charge in [-0.1, -0.05) is 36.4 Å². The van der Waals surface area contributed by atoms with Crippen molar-refractivity contribution >= 4 is 17.9 Å². The van der Waals surface area contributed by atoms with E-state index in [2.05, 4.69) is 4.74 Å². The molecule has 2 aromatic carbocycles. The number of rotatable bonds is 10. The SMILES string of the molecule is COC(=O)/C=C\[C@@H](C[C@@H](OC(=O)c1ccccc1)[C@@H](O)CO)OC(=O)c1ccccc1. The van der Waals surface area contributed by atoms with Crippen molar-refractivity contribution in [2.75, 3.05) is 13.7 Å². The summed E-state index contributed by atoms with van der Waals surface area (Å²) in [6.07, 6.45) is -1.58. The smallest absolute Gasteiger partial charge is 0.338 e. The van der Waals surface area contributed by atoms with Crippen molar-refractivity contribution in [2.24, 2.45) is 0 Å². The Labute approximate surface area is 179 Å². The van der Waals surface area contributed by atoms with E-state index in [9.17, 15) is 24.6 Å². The third-order valence-corrected chi connectivity index (χ3v) is 4.26. The third kappa shape index (κ3) is 7.69. The summed E-state index contributed by atoms with van der Waals surface area (Å²) in [4.78, 5) is 36.3. The maximum absolute atomic E-state index is 12.4. The molecule has 8 nitrogen and oxygen atoms in total. The summed E-state index contributed by atoms with van der Waals surface area (Å²) in [6.45, 7) is -0.688. The monoisotopic (exact) mass is 428 g/mol. The van der Waals surface area contributed by atoms with Crippen LogP contribution in [0.2, 0.25) is 0 Å². The summed E-state index contributed by atoms with van der Waals surface area (Å²) >= 11 is 0. The first-order valence-corrected chi connectivity index (χ1v) is 9.51. The summed E-state index contributed by atoms with van der Waals surface area (Å²) in [7, 11) is 1.19. The number of ether oxygens (including phenoxy) is 3. The van der Waals surface area contributed by atoms with Crippen LogP contribution in [0, 0.1) is 0 Å². The fourth-order valence-corrected chi connectivity index (χ4v) is 2.61. The van der Waals surface area contributed by atoms with E-state index >= 15 is 0 Å². The van der Waals surface area contributed by atoms with E-state index in [1.54, 1.807) is 48.5 Å². The molecule has 8 heteroatoms. The van der Waals surface area contributed by atoms with Crippen LogP contribution < -0.4 is 0 Å². The maximum atomic E-state index is 12.4. The molecule has 0 amide bonds. The fourth-order valence-electron chi connectivity index (χ4n) is 2.61. The Bertz CT molecular complexity index is 879. The molecule has 164 valence electrons. The van der Waals surface area contributed by atoms with Gasteiger partial charge in [0.05, 0.1) is 24.8 Å². The van der Waals surface area contributed by atoms with Crippen LogP contribution in [0.1, 0.15) is 27.1 Å². The first kappa shape index (κ1) is 23.8. The molecule has 0 fully saturated rings. The quantitative estimate of drug-likeness (QED) is 0.335. The fraction of sp³-hybridized carbons (Fsp3) is 0.261. The van der Waals surface area contributed by atoms with E-state index in [1.807, 2.05) is 0 Å². The Kier molecular flexibility index (Phi) is 9.41. The van der Waals surface area contributed by atoms with E-state index in [4.69, 9.17) is 9.47 Å². The minimum Gasteiger partial charge on any atom is -0.466 e. The van der Waals surface area contributed by atoms with Gasteiger partial charge in [-0.3, -0.25) is 0 Å². The van der Waals surface area contributed by atoms with Crippen molar-refractivity contribution in [2.45, 2.75) is 24.7 Å². The summed E-state index contributed by atoms with van der Waals surface area (Å²) in [6, 6.07) is 16.3. The lowest BCUT2D eigenvalue weighted by molar-refractivity contribution is -0.134. The van der Waals surface area contributed by atoms with Gasteiger partial charge >= 0.3 is 17.9 Å². The average Bonchev–Trinajstić information content (AvgIpc) is 2.82. The Hall–Kier alpha value is -3.49. The van der Waals surface area contributed by atoms with Crippen molar-refractivity contribution < 1.29 is 38.8 Å². The van der Waals surface area contributed by atoms with E-state index in [-0.39, 0.29) is 17.5 Å². The topological polar surface area (TPSA) is 119 Å². The Balaban J connectivity index is 2.19. The number of benzene rings is 2. The number of methoxy groups -OCH3 is 1. The number of hydrogen-bond donors (Lipinski definition) is 2. The van der Waals surface area contributed by atoms with Crippen LogP contribution in [0.3, 0.4) is 0 Å². The molecular formula is C23H24O8. The van der Waals surface area contributed by atoms with Gasteiger partial charge in [0.25, 0.3) is 0 Å². The molecule has 3 atom stereocenters. The molecule has 0 aromatic heterocycles. The molecule has 2 N–H and O–H groups in total. The molecule has 0 bridgehead atoms. The highest BCUT2D eigenvalue weighted by atomic mass is 16.6. The van der Waals surface area contributed by atoms with Gasteiger partial charge in [0.1, 0.15) is 18.3 Å². The lowest BCUT2D eigenvalue weighted by Crippen LogP contribution is -2.37. The van der Waals surface area contributed by atoms with Gasteiger partial charge in [-0.25, -0.2) is 14.4 Å². The molecule has 0 aliphatic rings. The van der Waals surface area contributed by atoms with Crippen molar-refractivity contribution in [3.8, 4) is 0 Å². The average molecular weight is 428 g/mol. The lowest BCUT2D eigenvalue weighted by Gasteiger charge is -2.25. The highest BCUT2D eigenvalue weighted by Gasteiger charge is 2.28. The van der Waals surface area contributed by atoms with Crippen LogP contribution in [0.25, 0.3) is 0 Å². The molecule has 0 unspecified atom stereocenters. The van der Waals surface area contributed by atoms with Gasteiger partial charge < -0.3 is 24.4 Å². The zero-order chi connectivity index (χ0) is 22.6. The molecule has 0 heterocycles. The predicted octanol–water partition coefficient (Wildman–Crippen LogP) is 1.91. The molecule has 31 heavy (non-hydrogen) atoms. The number of esters is 3. The first-order valence-electron chi connectivity index (χ1n) is 9.51. The Morgan fingerprint density at radius 1 is 0.903 bits per heavy atom. The second-order valence-electron chi connectivity index (χ2n) is 6.49. The number of carbonyl (C=O) groups is 3. The van der Waals surface area contributed by atoms with Gasteiger partial charge in [-0.2, -0.15) is 0 Å². The molecule has 0 saturated heterocycles. The number of aliphatic hydroxyl groups is 2. The van der Waals surface area contributed by atoms with Crippen LogP contribution in [-0.2, 0) is 19.0 Å². The molecular weight excluding hydrogens is 404 g/mol. The van der Waals surface area contributed by atoms with Crippen molar-refractivity contribution in [1.82, 2.24) is 0 Å². The maximum Gasteiger partial charge on any atom is 0.338 e. The first-order chi connectivity index (χ1) is 14.9. The molecule has 0 spiro atoms. The van der Waals surface area contributed by atoms with Crippen molar-refractivity contribution in [1.29, 1.82) is 0 Å². The van der Waals surface area contributed by atoms with E-state index < -0.39 is 42.8 Å². The van der Waals surface area contributed by atoms with Crippen LogP contribution in [0.15, 0.2) is 72.8 Å². The van der Waals surface area contributed by atoms with Crippen molar-refractivity contribution in [3.63, 3.8) is 0 Å². The van der Waals surface area contributed by atoms with Crippen LogP contribution in [0.4, 0.5) is 0 Å². The summed E-state index contributed by atoms with van der Waals surface area (Å²) < 4.78 is 15.3. The summed E-state index contributed by atoms with van der Waals surface area (Å²) in [5, 5.41) is 19.5. The van der Waals surface area contributed by atoms with Crippen LogP contribution in [-0.4, -0.2) is 60.1 Å². The molecule has 0 saturated carbocycles. The van der Waals surface area contributed by atoms with Gasteiger partial charge in [-0.15, -0.1) is 0 Å². The molecule has 0 radical (unpaired) electrons. The van der Waals surface area contributed by atoms with Crippen molar-refractivity contribution in [3.05, 3.63) is 83.9 Å². The lowest BCUT2D eigenvalue weighted by atomic mass is 10.1. The zero-order valence-electron chi connectivity index (χ0n) is 16.9. The number of aliphatic hydroxyl groups excluding tert-OH is 2. The van der Waals surface area contributed by atoms with Crippen LogP contribution >= 0.6 is 0 Å². The third-order valence-electron chi connectivity index (χ3n) is 4.26. The molecule has 2 aromatic rings. The standard InChI is InChI=1S/C23H24O8/c1-29-21(26)13-12-18(30-22(27)16-8-4-2-5-9-16)14-20(19(25)15-24)31-23(28)17-10-6-3-7-11-17/h2-13,18-20,24-25H,14-15H2,1H3/b13-12-/t18-,19-,20+/m0/s1. The van der Waals surface area contributed by atoms with Gasteiger partial charge in [0.15, 0.2) is 0 Å². The summed E-state index contributed by atoms with van der Waals surface area (Å²) in [5.74, 6) is -2.07. The minimum atomic E-state index is -1.43. The van der Waals surface area contributed by atoms with E-state index in [0.717, 1.165) is 6.08 Å². The predicted molar refractivity (Wildman–Crippen MR) is 110 cm³/mol. The second kappa shape index (κ2) is 12.3. The Morgan fingerprint density at radius 3 is 1.90 bits per heavy atom. The number of hydrogen-bond acceptors (Lipinski definition) is 8. The highest BCUT2D eigenvalue weighted by molar-refractivity contribution is 5.90. The van der Waals surface area contributed by atoms with Crippen LogP contribution in [0.5, 0.6) is 0 Å². The normalized spacial score (nSPS) is 13.8. The highest BCUT2D eigenvalue weighted by Crippen LogP contribution is 2.16. The van der Waals surface area contributed by atoms with Gasteiger partial charge in [-0.05, 0) is 30.3 Å². The van der Waals surface area contributed by atoms with E-state index in [0.29, 0.717) is 0 Å². The Morgan fingerprint density at radius 2 is 1.42 bits per heavy atom. The molecule has 2 rings (SSSR count). The summed E-state index contributed by atoms with van der Waals surface area (Å²) in [5.41, 5.74) is 0.528. The van der Waals surface area contributed by atoms with E-state index in [1.165, 1.54) is 25.3 Å². The molecule has 0 aliphatic heterocycles. The largest absolute Gasteiger partial charge is 0.466 e. The van der Waals surface area contributed by atoms with Gasteiger partial charge in [0, 0.05) is 12.5 Å². The number of carbonyl (C=O) groups excluding carboxylic acids is 3. The van der Waals surface area contributed by atoms with Gasteiger partial charge in [0.2, 0.25) is 0 Å². The molecule has 0 aliphatic carbocycles.